The molecule has 2 heterocycles. The van der Waals surface area contributed by atoms with E-state index in [0.717, 1.165) is 23.1 Å². The summed E-state index contributed by atoms with van der Waals surface area (Å²) in [5.74, 6) is -0.0462. The van der Waals surface area contributed by atoms with Crippen molar-refractivity contribution in [2.75, 3.05) is 24.8 Å². The number of aromatic nitrogens is 4. The van der Waals surface area contributed by atoms with Crippen LogP contribution in [0.15, 0.2) is 48.7 Å². The SMILES string of the molecule is CC=O.CNc1ccc(Nc2ncc3[nH]n(-c4cccc(CC#N)c4)c3n2)cc1C(=O)OC. The Balaban J connectivity index is 0.000000968. The number of aromatic amines is 1. The fraction of sp³-hybridized carbons (Fsp3) is 0.174. The van der Waals surface area contributed by atoms with Crippen molar-refractivity contribution in [2.24, 2.45) is 0 Å². The van der Waals surface area contributed by atoms with E-state index in [1.165, 1.54) is 14.0 Å². The lowest BCUT2D eigenvalue weighted by atomic mass is 10.1. The lowest BCUT2D eigenvalue weighted by Crippen LogP contribution is -2.12. The molecule has 0 aliphatic heterocycles. The number of anilines is 3. The van der Waals surface area contributed by atoms with E-state index in [9.17, 15) is 4.79 Å². The summed E-state index contributed by atoms with van der Waals surface area (Å²) in [6.07, 6.45) is 2.78. The molecule has 2 aromatic heterocycles. The number of benzene rings is 2. The maximum absolute atomic E-state index is 12.0. The third-order valence-corrected chi connectivity index (χ3v) is 4.61. The van der Waals surface area contributed by atoms with E-state index in [-0.39, 0.29) is 0 Å². The molecule has 3 N–H and O–H groups in total. The van der Waals surface area contributed by atoms with Crippen molar-refractivity contribution in [1.82, 2.24) is 19.7 Å². The number of nitrogens with zero attached hydrogens (tertiary/aromatic N) is 4. The molecular weight excluding hydrogens is 422 g/mol. The smallest absolute Gasteiger partial charge is 0.340 e. The number of hydrogen-bond donors (Lipinski definition) is 3. The van der Waals surface area contributed by atoms with Gasteiger partial charge in [0.05, 0.1) is 37.0 Å². The molecule has 0 aliphatic carbocycles. The van der Waals surface area contributed by atoms with Crippen molar-refractivity contribution in [3.8, 4) is 11.8 Å². The Labute approximate surface area is 190 Å². The third kappa shape index (κ3) is 5.16. The maximum Gasteiger partial charge on any atom is 0.340 e. The molecule has 0 unspecified atom stereocenters. The van der Waals surface area contributed by atoms with Gasteiger partial charge in [-0.1, -0.05) is 12.1 Å². The molecule has 10 nitrogen and oxygen atoms in total. The van der Waals surface area contributed by atoms with Crippen molar-refractivity contribution in [1.29, 1.82) is 5.26 Å². The number of carbonyl (C=O) groups is 2. The molecule has 2 aromatic carbocycles. The van der Waals surface area contributed by atoms with Gasteiger partial charge in [0, 0.05) is 18.4 Å². The van der Waals surface area contributed by atoms with E-state index < -0.39 is 5.97 Å². The molecule has 33 heavy (non-hydrogen) atoms. The number of fused-ring (bicyclic) bond motifs is 1. The first-order chi connectivity index (χ1) is 16.0. The van der Waals surface area contributed by atoms with E-state index in [2.05, 4.69) is 31.8 Å². The van der Waals surface area contributed by atoms with Gasteiger partial charge in [-0.25, -0.2) is 14.5 Å². The molecule has 0 fully saturated rings. The van der Waals surface area contributed by atoms with E-state index in [4.69, 9.17) is 14.8 Å². The summed E-state index contributed by atoms with van der Waals surface area (Å²) in [5.41, 5.74) is 5.05. The van der Waals surface area contributed by atoms with Crippen LogP contribution in [0.25, 0.3) is 16.9 Å². The summed E-state index contributed by atoms with van der Waals surface area (Å²) in [7, 11) is 3.08. The van der Waals surface area contributed by atoms with Crippen molar-refractivity contribution >= 4 is 40.7 Å². The average Bonchev–Trinajstić information content (AvgIpc) is 2.81. The van der Waals surface area contributed by atoms with Gasteiger partial charge in [0.1, 0.15) is 11.8 Å². The minimum atomic E-state index is -0.436. The average molecular weight is 445 g/mol. The molecule has 0 spiro atoms. The molecule has 4 aromatic rings. The van der Waals surface area contributed by atoms with Crippen LogP contribution >= 0.6 is 0 Å². The van der Waals surface area contributed by atoms with Gasteiger partial charge < -0.3 is 20.2 Å². The Hall–Kier alpha value is -4.65. The highest BCUT2D eigenvalue weighted by Gasteiger charge is 2.14. The van der Waals surface area contributed by atoms with Gasteiger partial charge in [-0.3, -0.25) is 5.10 Å². The van der Waals surface area contributed by atoms with Crippen LogP contribution in [0.1, 0.15) is 22.8 Å². The number of H-pyrrole nitrogens is 1. The van der Waals surface area contributed by atoms with Crippen LogP contribution in [0.2, 0.25) is 0 Å². The molecule has 0 radical (unpaired) electrons. The monoisotopic (exact) mass is 445 g/mol. The van der Waals surface area contributed by atoms with E-state index in [0.29, 0.717) is 35.0 Å². The molecular formula is C23H23N7O3. The van der Waals surface area contributed by atoms with Crippen LogP contribution in [-0.2, 0) is 16.0 Å². The van der Waals surface area contributed by atoms with Gasteiger partial charge in [0.25, 0.3) is 0 Å². The topological polar surface area (TPSA) is 138 Å². The Morgan fingerprint density at radius 3 is 2.79 bits per heavy atom. The van der Waals surface area contributed by atoms with Gasteiger partial charge >= 0.3 is 5.97 Å². The number of ether oxygens (including phenoxy) is 1. The van der Waals surface area contributed by atoms with E-state index in [1.807, 2.05) is 35.0 Å². The fourth-order valence-corrected chi connectivity index (χ4v) is 3.13. The van der Waals surface area contributed by atoms with Crippen molar-refractivity contribution in [3.63, 3.8) is 0 Å². The van der Waals surface area contributed by atoms with Gasteiger partial charge in [0.2, 0.25) is 5.95 Å². The minimum absolute atomic E-state index is 0.344. The molecule has 0 saturated carbocycles. The molecule has 0 aliphatic rings. The molecule has 0 atom stereocenters. The predicted molar refractivity (Wildman–Crippen MR) is 125 cm³/mol. The second-order valence-electron chi connectivity index (χ2n) is 6.75. The number of nitrogens with one attached hydrogen (secondary N) is 3. The first kappa shape index (κ1) is 23.0. The van der Waals surface area contributed by atoms with Crippen LogP contribution < -0.4 is 10.6 Å². The number of carbonyl (C=O) groups excluding carboxylic acids is 2. The second-order valence-corrected chi connectivity index (χ2v) is 6.75. The quantitative estimate of drug-likeness (QED) is 0.302. The summed E-state index contributed by atoms with van der Waals surface area (Å²) in [4.78, 5) is 29.7. The second kappa shape index (κ2) is 10.6. The first-order valence-electron chi connectivity index (χ1n) is 10.0. The highest BCUT2D eigenvalue weighted by Crippen LogP contribution is 2.24. The van der Waals surface area contributed by atoms with Gasteiger partial charge in [0.15, 0.2) is 5.65 Å². The molecule has 0 bridgehead atoms. The normalized spacial score (nSPS) is 10.0. The van der Waals surface area contributed by atoms with Crippen LogP contribution in [0.4, 0.5) is 17.3 Å². The van der Waals surface area contributed by atoms with E-state index in [1.54, 1.807) is 25.4 Å². The van der Waals surface area contributed by atoms with Crippen LogP contribution in [0, 0.1) is 11.3 Å². The fourth-order valence-electron chi connectivity index (χ4n) is 3.13. The van der Waals surface area contributed by atoms with Gasteiger partial charge in [-0.05, 0) is 42.8 Å². The van der Waals surface area contributed by atoms with Gasteiger partial charge in [-0.15, -0.1) is 0 Å². The Morgan fingerprint density at radius 1 is 1.30 bits per heavy atom. The number of methoxy groups -OCH3 is 1. The highest BCUT2D eigenvalue weighted by molar-refractivity contribution is 5.97. The van der Waals surface area contributed by atoms with Crippen molar-refractivity contribution < 1.29 is 14.3 Å². The summed E-state index contributed by atoms with van der Waals surface area (Å²) >= 11 is 0. The van der Waals surface area contributed by atoms with Gasteiger partial charge in [-0.2, -0.15) is 10.2 Å². The number of esters is 1. The third-order valence-electron chi connectivity index (χ3n) is 4.61. The first-order valence-corrected chi connectivity index (χ1v) is 10.0. The largest absolute Gasteiger partial charge is 0.465 e. The zero-order valence-corrected chi connectivity index (χ0v) is 18.4. The standard InChI is InChI=1S/C21H19N7O2.C2H4O/c1-23-17-7-6-14(11-16(17)20(29)30-2)25-21-24-12-18-19(26-21)28(27-18)15-5-3-4-13(10-15)8-9-22;1-2-3/h3-7,10-12,23,27H,8H2,1-2H3,(H,24,25,26);2H,1H3. The summed E-state index contributed by atoms with van der Waals surface area (Å²) in [5, 5.41) is 18.2. The summed E-state index contributed by atoms with van der Waals surface area (Å²) in [6, 6.07) is 15.1. The van der Waals surface area contributed by atoms with Crippen molar-refractivity contribution in [2.45, 2.75) is 13.3 Å². The Bertz CT molecular complexity index is 1320. The van der Waals surface area contributed by atoms with Crippen LogP contribution in [0.3, 0.4) is 0 Å². The number of hydrogen-bond acceptors (Lipinski definition) is 8. The number of rotatable bonds is 6. The van der Waals surface area contributed by atoms with Crippen LogP contribution in [0.5, 0.6) is 0 Å². The van der Waals surface area contributed by atoms with Crippen LogP contribution in [-0.4, -0.2) is 46.2 Å². The predicted octanol–water partition coefficient (Wildman–Crippen LogP) is 3.59. The Kier molecular flexibility index (Phi) is 7.39. The minimum Gasteiger partial charge on any atom is -0.465 e. The van der Waals surface area contributed by atoms with Crippen molar-refractivity contribution in [3.05, 3.63) is 59.8 Å². The molecule has 4 rings (SSSR count). The number of nitriles is 1. The zero-order chi connectivity index (χ0) is 23.8. The molecule has 10 heteroatoms. The van der Waals surface area contributed by atoms with E-state index >= 15 is 0 Å². The molecule has 0 saturated heterocycles. The summed E-state index contributed by atoms with van der Waals surface area (Å²) in [6.45, 7) is 1.44. The lowest BCUT2D eigenvalue weighted by Gasteiger charge is -2.17. The molecule has 0 amide bonds. The Morgan fingerprint density at radius 2 is 2.09 bits per heavy atom. The highest BCUT2D eigenvalue weighted by atomic mass is 16.5. The molecule has 168 valence electrons. The lowest BCUT2D eigenvalue weighted by molar-refractivity contribution is -0.106. The zero-order valence-electron chi connectivity index (χ0n) is 18.4. The summed E-state index contributed by atoms with van der Waals surface area (Å²) < 4.78 is 6.67. The maximum atomic E-state index is 12.0. The number of aldehydes is 1.